The van der Waals surface area contributed by atoms with Crippen LogP contribution in [0, 0.1) is 0 Å². The van der Waals surface area contributed by atoms with Gasteiger partial charge in [-0.05, 0) is 6.42 Å². The van der Waals surface area contributed by atoms with Crippen molar-refractivity contribution < 1.29 is 9.84 Å². The molecule has 0 rings (SSSR count). The fourth-order valence-corrected chi connectivity index (χ4v) is 0.413. The zero-order valence-electron chi connectivity index (χ0n) is 8.81. The lowest BCUT2D eigenvalue weighted by Crippen LogP contribution is -1.99. The Bertz CT molecular complexity index is 47.8. The van der Waals surface area contributed by atoms with Gasteiger partial charge in [0.2, 0.25) is 0 Å². The van der Waals surface area contributed by atoms with Crippen molar-refractivity contribution in [2.24, 2.45) is 0 Å². The third-order valence-electron chi connectivity index (χ3n) is 1.38. The highest BCUT2D eigenvalue weighted by atomic mass is 16.5. The topological polar surface area (TPSA) is 29.5 Å². The summed E-state index contributed by atoms with van der Waals surface area (Å²) in [5, 5.41) is 8.24. The molecule has 0 saturated carbocycles. The Balaban J connectivity index is 0. The van der Waals surface area contributed by atoms with E-state index in [2.05, 4.69) is 20.8 Å². The van der Waals surface area contributed by atoms with Crippen LogP contribution < -0.4 is 0 Å². The predicted molar refractivity (Wildman–Crippen MR) is 53.4 cm³/mol. The van der Waals surface area contributed by atoms with E-state index in [0.717, 1.165) is 19.4 Å². The van der Waals surface area contributed by atoms with Gasteiger partial charge < -0.3 is 9.84 Å². The van der Waals surface area contributed by atoms with E-state index in [9.17, 15) is 0 Å². The zero-order chi connectivity index (χ0) is 9.66. The molecule has 2 heteroatoms. The molecule has 0 aliphatic carbocycles. The average molecular weight is 176 g/mol. The molecular weight excluding hydrogens is 152 g/mol. The maximum absolute atomic E-state index is 8.24. The predicted octanol–water partition coefficient (Wildman–Crippen LogP) is 2.60. The quantitative estimate of drug-likeness (QED) is 0.630. The minimum Gasteiger partial charge on any atom is -0.394 e. The summed E-state index contributed by atoms with van der Waals surface area (Å²) in [6.45, 7) is 7.89. The lowest BCUT2D eigenvalue weighted by atomic mass is 10.4. The summed E-state index contributed by atoms with van der Waals surface area (Å²) in [6.07, 6.45) is 4.89. The Morgan fingerprint density at radius 3 is 1.83 bits per heavy atom. The van der Waals surface area contributed by atoms with Gasteiger partial charge in [0.05, 0.1) is 13.2 Å². The van der Waals surface area contributed by atoms with Gasteiger partial charge in [0, 0.05) is 6.61 Å². The molecule has 2 nitrogen and oxygen atoms in total. The van der Waals surface area contributed by atoms with Crippen molar-refractivity contribution in [1.82, 2.24) is 0 Å². The van der Waals surface area contributed by atoms with Gasteiger partial charge in [-0.1, -0.05) is 40.0 Å². The first-order valence-corrected chi connectivity index (χ1v) is 5.01. The Hall–Kier alpha value is -0.0800. The minimum absolute atomic E-state index is 0.143. The van der Waals surface area contributed by atoms with Gasteiger partial charge in [-0.2, -0.15) is 0 Å². The highest BCUT2D eigenvalue weighted by Gasteiger charge is 1.82. The van der Waals surface area contributed by atoms with E-state index < -0.39 is 0 Å². The molecule has 0 unspecified atom stereocenters. The zero-order valence-corrected chi connectivity index (χ0v) is 8.81. The number of aliphatic hydroxyl groups is 1. The number of ether oxygens (including phenoxy) is 1. The molecule has 76 valence electrons. The summed E-state index contributed by atoms with van der Waals surface area (Å²) in [5.74, 6) is 0. The molecule has 0 aromatic rings. The van der Waals surface area contributed by atoms with Crippen molar-refractivity contribution in [3.05, 3.63) is 0 Å². The second kappa shape index (κ2) is 17.1. The van der Waals surface area contributed by atoms with Gasteiger partial charge in [-0.3, -0.25) is 0 Å². The minimum atomic E-state index is 0.143. The molecule has 0 aliphatic rings. The van der Waals surface area contributed by atoms with Gasteiger partial charge in [0.25, 0.3) is 0 Å². The van der Waals surface area contributed by atoms with Crippen LogP contribution in [0.5, 0.6) is 0 Å². The number of rotatable bonds is 6. The fraction of sp³-hybridized carbons (Fsp3) is 1.00. The highest BCUT2D eigenvalue weighted by Crippen LogP contribution is 1.85. The molecule has 0 heterocycles. The van der Waals surface area contributed by atoms with Gasteiger partial charge in [-0.25, -0.2) is 0 Å². The molecule has 0 aromatic carbocycles. The van der Waals surface area contributed by atoms with E-state index in [1.54, 1.807) is 0 Å². The smallest absolute Gasteiger partial charge is 0.0697 e. The molecule has 12 heavy (non-hydrogen) atoms. The second-order valence-corrected chi connectivity index (χ2v) is 2.69. The van der Waals surface area contributed by atoms with Crippen molar-refractivity contribution in [3.63, 3.8) is 0 Å². The van der Waals surface area contributed by atoms with Crippen LogP contribution in [0.2, 0.25) is 0 Å². The van der Waals surface area contributed by atoms with Crippen LogP contribution in [-0.2, 0) is 4.74 Å². The number of hydrogen-bond acceptors (Lipinski definition) is 2. The standard InChI is InChI=1S/C6H14O2.C4H10/c1-2-3-5-8-6-4-7;1-3-4-2/h7H,2-6H2,1H3;3-4H2,1-2H3. The van der Waals surface area contributed by atoms with E-state index in [4.69, 9.17) is 9.84 Å². The monoisotopic (exact) mass is 176 g/mol. The van der Waals surface area contributed by atoms with Crippen LogP contribution in [0.15, 0.2) is 0 Å². The van der Waals surface area contributed by atoms with E-state index in [1.165, 1.54) is 12.8 Å². The average Bonchev–Trinajstić information content (AvgIpc) is 2.13. The summed E-state index contributed by atoms with van der Waals surface area (Å²) >= 11 is 0. The van der Waals surface area contributed by atoms with Crippen molar-refractivity contribution in [2.45, 2.75) is 46.5 Å². The first-order valence-electron chi connectivity index (χ1n) is 5.01. The van der Waals surface area contributed by atoms with E-state index in [0.29, 0.717) is 6.61 Å². The molecular formula is C10H24O2. The molecule has 0 saturated heterocycles. The highest BCUT2D eigenvalue weighted by molar-refractivity contribution is 4.30. The van der Waals surface area contributed by atoms with Gasteiger partial charge in [0.1, 0.15) is 0 Å². The van der Waals surface area contributed by atoms with Crippen molar-refractivity contribution in [2.75, 3.05) is 19.8 Å². The Kier molecular flexibility index (Phi) is 20.6. The third-order valence-corrected chi connectivity index (χ3v) is 1.38. The van der Waals surface area contributed by atoms with Crippen molar-refractivity contribution in [1.29, 1.82) is 0 Å². The van der Waals surface area contributed by atoms with Crippen molar-refractivity contribution in [3.8, 4) is 0 Å². The molecule has 0 atom stereocenters. The Morgan fingerprint density at radius 1 is 0.917 bits per heavy atom. The molecule has 0 amide bonds. The van der Waals surface area contributed by atoms with Gasteiger partial charge in [0.15, 0.2) is 0 Å². The van der Waals surface area contributed by atoms with Gasteiger partial charge >= 0.3 is 0 Å². The Labute approximate surface area is 76.9 Å². The van der Waals surface area contributed by atoms with Crippen LogP contribution >= 0.6 is 0 Å². The maximum atomic E-state index is 8.24. The van der Waals surface area contributed by atoms with Crippen molar-refractivity contribution >= 4 is 0 Å². The summed E-state index contributed by atoms with van der Waals surface area (Å²) in [4.78, 5) is 0. The lowest BCUT2D eigenvalue weighted by molar-refractivity contribution is 0.0904. The number of hydrogen-bond donors (Lipinski definition) is 1. The largest absolute Gasteiger partial charge is 0.394 e. The third kappa shape index (κ3) is 22.5. The maximum Gasteiger partial charge on any atom is 0.0697 e. The molecule has 0 spiro atoms. The molecule has 0 aromatic heterocycles. The van der Waals surface area contributed by atoms with Crippen LogP contribution in [0.25, 0.3) is 0 Å². The molecule has 0 fully saturated rings. The lowest BCUT2D eigenvalue weighted by Gasteiger charge is -1.97. The summed E-state index contributed by atoms with van der Waals surface area (Å²) in [7, 11) is 0. The van der Waals surface area contributed by atoms with E-state index in [1.807, 2.05) is 0 Å². The molecule has 0 aliphatic heterocycles. The normalized spacial score (nSPS) is 9.00. The Morgan fingerprint density at radius 2 is 1.50 bits per heavy atom. The first kappa shape index (κ1) is 14.4. The van der Waals surface area contributed by atoms with Gasteiger partial charge in [-0.15, -0.1) is 0 Å². The summed E-state index contributed by atoms with van der Waals surface area (Å²) in [6, 6.07) is 0. The SMILES string of the molecule is CCCC.CCCCOCCO. The fourth-order valence-electron chi connectivity index (χ4n) is 0.413. The first-order chi connectivity index (χ1) is 5.83. The molecule has 1 N–H and O–H groups in total. The van der Waals surface area contributed by atoms with Crippen LogP contribution in [0.4, 0.5) is 0 Å². The van der Waals surface area contributed by atoms with Crippen LogP contribution in [0.3, 0.4) is 0 Å². The summed E-state index contributed by atoms with van der Waals surface area (Å²) in [5.41, 5.74) is 0. The summed E-state index contributed by atoms with van der Waals surface area (Å²) < 4.78 is 4.97. The van der Waals surface area contributed by atoms with Crippen LogP contribution in [0.1, 0.15) is 46.5 Å². The van der Waals surface area contributed by atoms with E-state index >= 15 is 0 Å². The van der Waals surface area contributed by atoms with Crippen LogP contribution in [-0.4, -0.2) is 24.9 Å². The number of unbranched alkanes of at least 4 members (excludes halogenated alkanes) is 2. The molecule has 0 radical (unpaired) electrons. The number of aliphatic hydroxyl groups excluding tert-OH is 1. The van der Waals surface area contributed by atoms with E-state index in [-0.39, 0.29) is 6.61 Å². The molecule has 0 bridgehead atoms. The second-order valence-electron chi connectivity index (χ2n) is 2.69.